The van der Waals surface area contributed by atoms with Gasteiger partial charge in [0, 0.05) is 17.5 Å². The number of ether oxygens (including phenoxy) is 1. The number of nitrogens with two attached hydrogens (primary N) is 1. The lowest BCUT2D eigenvalue weighted by atomic mass is 9.94. The molecule has 0 spiro atoms. The van der Waals surface area contributed by atoms with Gasteiger partial charge < -0.3 is 15.6 Å². The lowest BCUT2D eigenvalue weighted by Crippen LogP contribution is -2.26. The molecule has 0 fully saturated rings. The summed E-state index contributed by atoms with van der Waals surface area (Å²) in [5.41, 5.74) is 8.06. The minimum absolute atomic E-state index is 0.0640. The molecule has 2 atom stereocenters. The third kappa shape index (κ3) is 1.76. The first-order valence-corrected chi connectivity index (χ1v) is 5.26. The summed E-state index contributed by atoms with van der Waals surface area (Å²) in [4.78, 5) is 10.8. The summed E-state index contributed by atoms with van der Waals surface area (Å²) in [7, 11) is 1.59. The molecule has 0 heterocycles. The van der Waals surface area contributed by atoms with Gasteiger partial charge >= 0.3 is 5.97 Å². The van der Waals surface area contributed by atoms with E-state index in [0.717, 1.165) is 23.3 Å². The molecule has 0 amide bonds. The second-order valence-corrected chi connectivity index (χ2v) is 4.11. The SMILES string of the molecule is COc1cccc2c1C(CC(=O)O)C(N)C2. The second kappa shape index (κ2) is 4.14. The van der Waals surface area contributed by atoms with E-state index in [1.807, 2.05) is 18.2 Å². The van der Waals surface area contributed by atoms with Crippen LogP contribution in [0.2, 0.25) is 0 Å². The van der Waals surface area contributed by atoms with Crippen molar-refractivity contribution in [1.29, 1.82) is 0 Å². The van der Waals surface area contributed by atoms with Gasteiger partial charge in [-0.05, 0) is 18.1 Å². The van der Waals surface area contributed by atoms with Crippen molar-refractivity contribution in [2.75, 3.05) is 7.11 Å². The van der Waals surface area contributed by atoms with E-state index in [9.17, 15) is 4.79 Å². The Balaban J connectivity index is 2.41. The highest BCUT2D eigenvalue weighted by Gasteiger charge is 2.33. The molecule has 3 N–H and O–H groups in total. The van der Waals surface area contributed by atoms with Crippen LogP contribution < -0.4 is 10.5 Å². The topological polar surface area (TPSA) is 72.5 Å². The molecule has 0 bridgehead atoms. The van der Waals surface area contributed by atoms with Gasteiger partial charge in [-0.25, -0.2) is 0 Å². The predicted octanol–water partition coefficient (Wildman–Crippen LogP) is 1.14. The number of hydrogen-bond acceptors (Lipinski definition) is 3. The van der Waals surface area contributed by atoms with Crippen molar-refractivity contribution < 1.29 is 14.6 Å². The van der Waals surface area contributed by atoms with E-state index in [1.54, 1.807) is 7.11 Å². The summed E-state index contributed by atoms with van der Waals surface area (Å²) in [5, 5.41) is 8.88. The molecule has 2 rings (SSSR count). The van der Waals surface area contributed by atoms with Crippen molar-refractivity contribution in [2.24, 2.45) is 5.73 Å². The molecule has 0 aliphatic heterocycles. The average Bonchev–Trinajstić information content (AvgIpc) is 2.54. The zero-order chi connectivity index (χ0) is 11.7. The van der Waals surface area contributed by atoms with Crippen LogP contribution in [0.5, 0.6) is 5.75 Å². The lowest BCUT2D eigenvalue weighted by Gasteiger charge is -2.16. The van der Waals surface area contributed by atoms with Crippen LogP contribution in [0, 0.1) is 0 Å². The number of rotatable bonds is 3. The zero-order valence-corrected chi connectivity index (χ0v) is 9.14. The van der Waals surface area contributed by atoms with Crippen LogP contribution in [0.25, 0.3) is 0 Å². The van der Waals surface area contributed by atoms with Gasteiger partial charge in [0.25, 0.3) is 0 Å². The van der Waals surface area contributed by atoms with E-state index in [-0.39, 0.29) is 18.4 Å². The van der Waals surface area contributed by atoms with Crippen LogP contribution in [0.1, 0.15) is 23.5 Å². The third-order valence-electron chi connectivity index (χ3n) is 3.11. The number of carbonyl (C=O) groups is 1. The molecule has 1 aliphatic carbocycles. The first kappa shape index (κ1) is 11.0. The number of hydrogen-bond donors (Lipinski definition) is 2. The fourth-order valence-corrected chi connectivity index (χ4v) is 2.42. The first-order valence-electron chi connectivity index (χ1n) is 5.26. The largest absolute Gasteiger partial charge is 0.496 e. The molecule has 0 saturated heterocycles. The summed E-state index contributed by atoms with van der Waals surface area (Å²) in [6.07, 6.45) is 0.791. The highest BCUT2D eigenvalue weighted by molar-refractivity contribution is 5.69. The number of fused-ring (bicyclic) bond motifs is 1. The Hall–Kier alpha value is -1.55. The quantitative estimate of drug-likeness (QED) is 0.802. The molecule has 0 aromatic heterocycles. The Kier molecular flexibility index (Phi) is 2.83. The molecule has 4 nitrogen and oxygen atoms in total. The Morgan fingerprint density at radius 1 is 1.62 bits per heavy atom. The maximum atomic E-state index is 10.8. The van der Waals surface area contributed by atoms with E-state index in [4.69, 9.17) is 15.6 Å². The number of carboxylic acid groups (broad SMARTS) is 1. The van der Waals surface area contributed by atoms with Crippen molar-refractivity contribution in [2.45, 2.75) is 24.8 Å². The Bertz CT molecular complexity index is 417. The van der Waals surface area contributed by atoms with E-state index >= 15 is 0 Å². The van der Waals surface area contributed by atoms with Crippen LogP contribution in [-0.4, -0.2) is 24.2 Å². The van der Waals surface area contributed by atoms with Gasteiger partial charge in [0.05, 0.1) is 13.5 Å². The number of carboxylic acids is 1. The van der Waals surface area contributed by atoms with Crippen LogP contribution in [0.15, 0.2) is 18.2 Å². The number of methoxy groups -OCH3 is 1. The van der Waals surface area contributed by atoms with Crippen LogP contribution in [0.3, 0.4) is 0 Å². The van der Waals surface area contributed by atoms with E-state index in [2.05, 4.69) is 0 Å². The zero-order valence-electron chi connectivity index (χ0n) is 9.14. The molecule has 1 aromatic carbocycles. The molecule has 0 radical (unpaired) electrons. The van der Waals surface area contributed by atoms with Crippen LogP contribution in [0.4, 0.5) is 0 Å². The summed E-state index contributed by atoms with van der Waals surface area (Å²) in [6, 6.07) is 5.63. The van der Waals surface area contributed by atoms with Gasteiger partial charge in [0.2, 0.25) is 0 Å². The van der Waals surface area contributed by atoms with Gasteiger partial charge in [-0.15, -0.1) is 0 Å². The van der Waals surface area contributed by atoms with Gasteiger partial charge in [0.15, 0.2) is 0 Å². The molecule has 4 heteroatoms. The minimum atomic E-state index is -0.820. The maximum absolute atomic E-state index is 10.8. The minimum Gasteiger partial charge on any atom is -0.496 e. The van der Waals surface area contributed by atoms with Crippen LogP contribution >= 0.6 is 0 Å². The Morgan fingerprint density at radius 2 is 2.38 bits per heavy atom. The maximum Gasteiger partial charge on any atom is 0.304 e. The van der Waals surface area contributed by atoms with Crippen molar-refractivity contribution in [1.82, 2.24) is 0 Å². The van der Waals surface area contributed by atoms with Gasteiger partial charge in [-0.3, -0.25) is 4.79 Å². The highest BCUT2D eigenvalue weighted by atomic mass is 16.5. The standard InChI is InChI=1S/C12H15NO3/c1-16-10-4-2-3-7-5-9(13)8(12(7)10)6-11(14)15/h2-4,8-9H,5-6,13H2,1H3,(H,14,15). The van der Waals surface area contributed by atoms with Crippen molar-refractivity contribution in [3.05, 3.63) is 29.3 Å². The summed E-state index contributed by atoms with van der Waals surface area (Å²) >= 11 is 0. The van der Waals surface area contributed by atoms with E-state index in [1.165, 1.54) is 0 Å². The Morgan fingerprint density at radius 3 is 3.00 bits per heavy atom. The smallest absolute Gasteiger partial charge is 0.304 e. The third-order valence-corrected chi connectivity index (χ3v) is 3.11. The second-order valence-electron chi connectivity index (χ2n) is 4.11. The molecule has 0 saturated carbocycles. The predicted molar refractivity (Wildman–Crippen MR) is 59.7 cm³/mol. The van der Waals surface area contributed by atoms with E-state index in [0.29, 0.717) is 0 Å². The molecule has 1 aliphatic rings. The van der Waals surface area contributed by atoms with Gasteiger partial charge in [0.1, 0.15) is 5.75 Å². The fraction of sp³-hybridized carbons (Fsp3) is 0.417. The van der Waals surface area contributed by atoms with Gasteiger partial charge in [-0.2, -0.15) is 0 Å². The summed E-state index contributed by atoms with van der Waals surface area (Å²) in [6.45, 7) is 0. The van der Waals surface area contributed by atoms with Crippen LogP contribution in [-0.2, 0) is 11.2 Å². The summed E-state index contributed by atoms with van der Waals surface area (Å²) < 4.78 is 5.27. The molecule has 2 unspecified atom stereocenters. The van der Waals surface area contributed by atoms with E-state index < -0.39 is 5.97 Å². The molecule has 1 aromatic rings. The normalized spacial score (nSPS) is 22.9. The molecular weight excluding hydrogens is 206 g/mol. The average molecular weight is 221 g/mol. The van der Waals surface area contributed by atoms with Crippen molar-refractivity contribution in [3.63, 3.8) is 0 Å². The highest BCUT2D eigenvalue weighted by Crippen LogP contribution is 2.40. The first-order chi connectivity index (χ1) is 7.63. The number of benzene rings is 1. The number of aliphatic carboxylic acids is 1. The molecule has 16 heavy (non-hydrogen) atoms. The monoisotopic (exact) mass is 221 g/mol. The van der Waals surface area contributed by atoms with Crippen molar-refractivity contribution >= 4 is 5.97 Å². The molecule has 86 valence electrons. The van der Waals surface area contributed by atoms with Gasteiger partial charge in [-0.1, -0.05) is 12.1 Å². The lowest BCUT2D eigenvalue weighted by molar-refractivity contribution is -0.137. The van der Waals surface area contributed by atoms with Crippen molar-refractivity contribution in [3.8, 4) is 5.75 Å². The fourth-order valence-electron chi connectivity index (χ4n) is 2.42. The molecular formula is C12H15NO3. The Labute approximate surface area is 94.0 Å². The summed E-state index contributed by atoms with van der Waals surface area (Å²) in [5.74, 6) is -0.209.